The van der Waals surface area contributed by atoms with Gasteiger partial charge in [0.1, 0.15) is 11.4 Å². The van der Waals surface area contributed by atoms with E-state index in [4.69, 9.17) is 0 Å². The van der Waals surface area contributed by atoms with Gasteiger partial charge in [0, 0.05) is 12.3 Å². The van der Waals surface area contributed by atoms with Crippen molar-refractivity contribution in [3.05, 3.63) is 108 Å². The van der Waals surface area contributed by atoms with Gasteiger partial charge < -0.3 is 5.11 Å². The van der Waals surface area contributed by atoms with Crippen molar-refractivity contribution in [1.29, 1.82) is 0 Å². The van der Waals surface area contributed by atoms with Crippen LogP contribution in [0, 0.1) is 0 Å². The molecule has 0 radical (unpaired) electrons. The van der Waals surface area contributed by atoms with Gasteiger partial charge in [0.25, 0.3) is 0 Å². The van der Waals surface area contributed by atoms with E-state index in [1.54, 1.807) is 0 Å². The van der Waals surface area contributed by atoms with Crippen LogP contribution in [-0.2, 0) is 10.4 Å². The van der Waals surface area contributed by atoms with E-state index in [1.807, 2.05) is 91.0 Å². The molecule has 4 rings (SSSR count). The first-order chi connectivity index (χ1) is 12.2. The number of rotatable bonds is 3. The second-order valence-corrected chi connectivity index (χ2v) is 6.71. The molecule has 3 aromatic rings. The summed E-state index contributed by atoms with van der Waals surface area (Å²) in [7, 11) is 0. The van der Waals surface area contributed by atoms with Gasteiger partial charge in [0.05, 0.1) is 5.92 Å². The smallest absolute Gasteiger partial charge is 0.144 e. The van der Waals surface area contributed by atoms with Crippen molar-refractivity contribution in [2.24, 2.45) is 0 Å². The van der Waals surface area contributed by atoms with Gasteiger partial charge in [-0.2, -0.15) is 0 Å². The normalized spacial score (nSPS) is 25.9. The van der Waals surface area contributed by atoms with Crippen LogP contribution in [0.1, 0.15) is 34.9 Å². The summed E-state index contributed by atoms with van der Waals surface area (Å²) in [5.41, 5.74) is 1.57. The third kappa shape index (κ3) is 2.69. The number of hydrogen-bond donors (Lipinski definition) is 1. The van der Waals surface area contributed by atoms with Crippen LogP contribution in [0.25, 0.3) is 0 Å². The summed E-state index contributed by atoms with van der Waals surface area (Å²) in [6.45, 7) is 0. The lowest BCUT2D eigenvalue weighted by molar-refractivity contribution is -0.119. The molecule has 0 unspecified atom stereocenters. The molecular weight excluding hydrogens is 308 g/mol. The van der Waals surface area contributed by atoms with Crippen LogP contribution in [0.3, 0.4) is 0 Å². The first-order valence-electron chi connectivity index (χ1n) is 8.60. The second kappa shape index (κ2) is 6.30. The summed E-state index contributed by atoms with van der Waals surface area (Å²) in [4.78, 5) is 13.0. The highest BCUT2D eigenvalue weighted by Gasteiger charge is 2.54. The van der Waals surface area contributed by atoms with Crippen molar-refractivity contribution >= 4 is 5.78 Å². The van der Waals surface area contributed by atoms with Gasteiger partial charge in [-0.15, -0.1) is 0 Å². The fraction of sp³-hybridized carbons (Fsp3) is 0.174. The van der Waals surface area contributed by atoms with Crippen molar-refractivity contribution in [3.8, 4) is 0 Å². The van der Waals surface area contributed by atoms with Crippen molar-refractivity contribution in [3.63, 3.8) is 0 Å². The zero-order valence-corrected chi connectivity index (χ0v) is 13.9. The number of Topliss-reactive ketones (excluding diaryl/α,β-unsaturated/α-hetero) is 1. The molecule has 1 saturated carbocycles. The molecule has 2 heteroatoms. The summed E-state index contributed by atoms with van der Waals surface area (Å²) in [6, 6.07) is 29.3. The van der Waals surface area contributed by atoms with Crippen LogP contribution >= 0.6 is 0 Å². The number of carbonyl (C=O) groups is 1. The van der Waals surface area contributed by atoms with E-state index in [9.17, 15) is 9.90 Å². The highest BCUT2D eigenvalue weighted by Crippen LogP contribution is 2.54. The zero-order valence-electron chi connectivity index (χ0n) is 13.9. The number of hydrogen-bond acceptors (Lipinski definition) is 2. The van der Waals surface area contributed by atoms with E-state index < -0.39 is 5.60 Å². The highest BCUT2D eigenvalue weighted by molar-refractivity contribution is 5.91. The lowest BCUT2D eigenvalue weighted by atomic mass is 9.74. The van der Waals surface area contributed by atoms with Crippen LogP contribution in [0.5, 0.6) is 0 Å². The molecule has 0 bridgehead atoms. The van der Waals surface area contributed by atoms with E-state index >= 15 is 0 Å². The molecule has 1 N–H and O–H groups in total. The number of carbonyl (C=O) groups excluding carboxylic acids is 1. The van der Waals surface area contributed by atoms with Crippen molar-refractivity contribution < 1.29 is 9.90 Å². The third-order valence-electron chi connectivity index (χ3n) is 5.23. The maximum Gasteiger partial charge on any atom is 0.144 e. The minimum absolute atomic E-state index is 0.0893. The van der Waals surface area contributed by atoms with E-state index in [-0.39, 0.29) is 24.0 Å². The van der Waals surface area contributed by atoms with Gasteiger partial charge in [-0.1, -0.05) is 91.0 Å². The lowest BCUT2D eigenvalue weighted by Gasteiger charge is -2.33. The quantitative estimate of drug-likeness (QED) is 0.773. The average molecular weight is 328 g/mol. The molecule has 25 heavy (non-hydrogen) atoms. The van der Waals surface area contributed by atoms with Crippen LogP contribution < -0.4 is 0 Å². The van der Waals surface area contributed by atoms with Gasteiger partial charge >= 0.3 is 0 Å². The minimum atomic E-state index is -1.19. The summed E-state index contributed by atoms with van der Waals surface area (Å²) in [6.07, 6.45) is 0.135. The Balaban J connectivity index is 1.90. The largest absolute Gasteiger partial charge is 0.384 e. The Kier molecular flexibility index (Phi) is 3.98. The van der Waals surface area contributed by atoms with Crippen LogP contribution in [0.15, 0.2) is 91.0 Å². The molecule has 0 spiro atoms. The Morgan fingerprint density at radius 3 is 1.76 bits per heavy atom. The van der Waals surface area contributed by atoms with Crippen molar-refractivity contribution in [2.75, 3.05) is 0 Å². The Hall–Kier alpha value is -2.71. The monoisotopic (exact) mass is 328 g/mol. The van der Waals surface area contributed by atoms with E-state index in [0.717, 1.165) is 16.7 Å². The Bertz CT molecular complexity index is 858. The fourth-order valence-corrected chi connectivity index (χ4v) is 4.12. The minimum Gasteiger partial charge on any atom is -0.384 e. The second-order valence-electron chi connectivity index (χ2n) is 6.71. The molecule has 1 aliphatic carbocycles. The summed E-state index contributed by atoms with van der Waals surface area (Å²) >= 11 is 0. The van der Waals surface area contributed by atoms with Gasteiger partial charge in [-0.25, -0.2) is 0 Å². The van der Waals surface area contributed by atoms with E-state index in [2.05, 4.69) is 0 Å². The predicted molar refractivity (Wildman–Crippen MR) is 98.3 cm³/mol. The molecule has 124 valence electrons. The third-order valence-corrected chi connectivity index (χ3v) is 5.23. The molecule has 2 nitrogen and oxygen atoms in total. The van der Waals surface area contributed by atoms with E-state index in [0.29, 0.717) is 0 Å². The molecule has 3 atom stereocenters. The molecule has 0 amide bonds. The lowest BCUT2D eigenvalue weighted by Crippen LogP contribution is -2.30. The predicted octanol–water partition coefficient (Wildman–Crippen LogP) is 4.41. The molecule has 1 aliphatic rings. The molecule has 0 heterocycles. The first-order valence-corrected chi connectivity index (χ1v) is 8.60. The van der Waals surface area contributed by atoms with Gasteiger partial charge in [-0.05, 0) is 16.7 Å². The maximum absolute atomic E-state index is 13.0. The standard InChI is InChI=1S/C23H20O2/c24-20-16-23(25,19-14-8-3-9-15-19)22(18-12-6-2-7-13-18)21(20)17-10-4-1-5-11-17/h1-15,21-22,25H,16H2/t21-,22+,23-/m0/s1. The van der Waals surface area contributed by atoms with Crippen LogP contribution in [0.4, 0.5) is 0 Å². The first kappa shape index (κ1) is 15.8. The average Bonchev–Trinajstić information content (AvgIpc) is 2.95. The zero-order chi connectivity index (χ0) is 17.3. The Morgan fingerprint density at radius 1 is 0.720 bits per heavy atom. The highest BCUT2D eigenvalue weighted by atomic mass is 16.3. The molecule has 3 aromatic carbocycles. The van der Waals surface area contributed by atoms with Gasteiger partial charge in [0.2, 0.25) is 0 Å². The van der Waals surface area contributed by atoms with E-state index in [1.165, 1.54) is 0 Å². The maximum atomic E-state index is 13.0. The molecule has 1 fully saturated rings. The molecule has 0 aromatic heterocycles. The SMILES string of the molecule is O=C1C[C@](O)(c2ccccc2)[C@H](c2ccccc2)[C@H]1c1ccccc1. The number of ketones is 1. The number of aliphatic hydroxyl groups is 1. The topological polar surface area (TPSA) is 37.3 Å². The summed E-state index contributed by atoms with van der Waals surface area (Å²) in [5.74, 6) is -0.550. The molecule has 0 aliphatic heterocycles. The Morgan fingerprint density at radius 2 is 1.20 bits per heavy atom. The van der Waals surface area contributed by atoms with Crippen molar-refractivity contribution in [2.45, 2.75) is 23.9 Å². The fourth-order valence-electron chi connectivity index (χ4n) is 4.12. The van der Waals surface area contributed by atoms with Crippen molar-refractivity contribution in [1.82, 2.24) is 0 Å². The van der Waals surface area contributed by atoms with Gasteiger partial charge in [0.15, 0.2) is 0 Å². The molecular formula is C23H20O2. The summed E-state index contributed by atoms with van der Waals surface area (Å²) in [5, 5.41) is 11.7. The molecule has 0 saturated heterocycles. The summed E-state index contributed by atoms with van der Waals surface area (Å²) < 4.78 is 0. The van der Waals surface area contributed by atoms with Crippen LogP contribution in [-0.4, -0.2) is 10.9 Å². The van der Waals surface area contributed by atoms with Crippen LogP contribution in [0.2, 0.25) is 0 Å². The Labute approximate surface area is 147 Å². The number of benzene rings is 3. The van der Waals surface area contributed by atoms with Gasteiger partial charge in [-0.3, -0.25) is 4.79 Å².